The molecule has 5 nitrogen and oxygen atoms in total. The number of sulfone groups is 1. The van der Waals surface area contributed by atoms with E-state index in [9.17, 15) is 13.2 Å². The lowest BCUT2D eigenvalue weighted by Crippen LogP contribution is -2.43. The van der Waals surface area contributed by atoms with E-state index < -0.39 is 28.4 Å². The van der Waals surface area contributed by atoms with Crippen molar-refractivity contribution in [2.24, 2.45) is 0 Å². The van der Waals surface area contributed by atoms with E-state index in [2.05, 4.69) is 0 Å². The van der Waals surface area contributed by atoms with Crippen molar-refractivity contribution in [1.29, 1.82) is 0 Å². The largest absolute Gasteiger partial charge is 0.481 e. The third kappa shape index (κ3) is 5.14. The van der Waals surface area contributed by atoms with Crippen LogP contribution in [-0.4, -0.2) is 43.4 Å². The number of benzene rings is 1. The van der Waals surface area contributed by atoms with E-state index in [1.54, 1.807) is 0 Å². The molecule has 1 aliphatic rings. The molecule has 12 heteroatoms. The van der Waals surface area contributed by atoms with Crippen LogP contribution < -0.4 is 4.74 Å². The summed E-state index contributed by atoms with van der Waals surface area (Å²) in [5, 5.41) is 1.71. The molecule has 1 aromatic heterocycles. The van der Waals surface area contributed by atoms with Crippen LogP contribution >= 0.6 is 69.3 Å². The lowest BCUT2D eigenvalue weighted by atomic mass is 10.2. The summed E-state index contributed by atoms with van der Waals surface area (Å²) in [5.41, 5.74) is 1.03. The maximum Gasteiger partial charge on any atom is 0.261 e. The summed E-state index contributed by atoms with van der Waals surface area (Å²) in [7, 11) is -3.18. The normalized spacial score (nSPS) is 17.9. The molecule has 1 aromatic carbocycles. The second-order valence-electron chi connectivity index (χ2n) is 6.79. The Morgan fingerprint density at radius 2 is 1.73 bits per heavy atom. The van der Waals surface area contributed by atoms with Gasteiger partial charge in [0.05, 0.1) is 33.1 Å². The highest BCUT2D eigenvalue weighted by Crippen LogP contribution is 2.48. The van der Waals surface area contributed by atoms with Gasteiger partial charge in [-0.3, -0.25) is 4.79 Å². The van der Waals surface area contributed by atoms with Crippen molar-refractivity contribution >= 4 is 85.1 Å². The Morgan fingerprint density at radius 3 is 2.23 bits per heavy atom. The summed E-state index contributed by atoms with van der Waals surface area (Å²) in [5.74, 6) is -0.494. The number of halogens is 5. The molecule has 1 fully saturated rings. The second kappa shape index (κ2) is 9.61. The van der Waals surface area contributed by atoms with Gasteiger partial charge in [0.25, 0.3) is 5.91 Å². The number of hydrogen-bond acceptors (Lipinski definition) is 5. The van der Waals surface area contributed by atoms with Crippen LogP contribution in [0.2, 0.25) is 25.1 Å². The average molecular weight is 552 g/mol. The molecule has 0 radical (unpaired) electrons. The van der Waals surface area contributed by atoms with E-state index in [0.717, 1.165) is 10.4 Å². The van der Waals surface area contributed by atoms with E-state index in [0.29, 0.717) is 6.42 Å². The number of rotatable bonds is 6. The summed E-state index contributed by atoms with van der Waals surface area (Å²) in [6.07, 6.45) is 0.374. The van der Waals surface area contributed by atoms with Crippen LogP contribution in [0.25, 0.3) is 0 Å². The molecule has 0 saturated carbocycles. The number of aryl methyl sites for hydroxylation is 1. The predicted octanol–water partition coefficient (Wildman–Crippen LogP) is 5.92. The number of carbonyl (C=O) groups excluding carboxylic acids is 1. The molecule has 1 aliphatic heterocycles. The van der Waals surface area contributed by atoms with Crippen molar-refractivity contribution in [2.75, 3.05) is 18.1 Å². The van der Waals surface area contributed by atoms with Gasteiger partial charge in [0, 0.05) is 10.9 Å². The number of hydrogen-bond donors (Lipinski definition) is 0. The molecule has 1 amide bonds. The van der Waals surface area contributed by atoms with Crippen LogP contribution in [0.1, 0.15) is 16.9 Å². The smallest absolute Gasteiger partial charge is 0.261 e. The lowest BCUT2D eigenvalue weighted by molar-refractivity contribution is -0.135. The fourth-order valence-electron chi connectivity index (χ4n) is 3.09. The molecule has 164 valence electrons. The van der Waals surface area contributed by atoms with Gasteiger partial charge in [-0.05, 0) is 30.4 Å². The van der Waals surface area contributed by atoms with Crippen LogP contribution in [0, 0.1) is 6.92 Å². The van der Waals surface area contributed by atoms with E-state index in [-0.39, 0.29) is 48.9 Å². The molecular weight excluding hydrogens is 536 g/mol. The molecule has 0 N–H and O–H groups in total. The fraction of sp³-hybridized carbons (Fsp3) is 0.389. The van der Waals surface area contributed by atoms with Gasteiger partial charge in [-0.1, -0.05) is 58.0 Å². The van der Waals surface area contributed by atoms with Gasteiger partial charge in [-0.2, -0.15) is 0 Å². The molecule has 30 heavy (non-hydrogen) atoms. The topological polar surface area (TPSA) is 63.7 Å². The van der Waals surface area contributed by atoms with Gasteiger partial charge in [0.15, 0.2) is 22.2 Å². The van der Waals surface area contributed by atoms with Gasteiger partial charge in [0.1, 0.15) is 10.0 Å². The van der Waals surface area contributed by atoms with Crippen molar-refractivity contribution in [3.63, 3.8) is 0 Å². The van der Waals surface area contributed by atoms with Crippen LogP contribution in [0.3, 0.4) is 0 Å². The van der Waals surface area contributed by atoms with E-state index in [1.165, 1.54) is 16.2 Å². The minimum absolute atomic E-state index is 0.0158. The van der Waals surface area contributed by atoms with Crippen LogP contribution in [0.4, 0.5) is 0 Å². The van der Waals surface area contributed by atoms with Gasteiger partial charge in [-0.25, -0.2) is 8.42 Å². The summed E-state index contributed by atoms with van der Waals surface area (Å²) >= 11 is 31.8. The van der Waals surface area contributed by atoms with Crippen molar-refractivity contribution in [3.8, 4) is 5.75 Å². The van der Waals surface area contributed by atoms with E-state index >= 15 is 0 Å². The highest BCUT2D eigenvalue weighted by molar-refractivity contribution is 7.91. The zero-order chi connectivity index (χ0) is 22.2. The Morgan fingerprint density at radius 1 is 1.13 bits per heavy atom. The number of thiophene rings is 1. The van der Waals surface area contributed by atoms with Crippen LogP contribution in [0.5, 0.6) is 5.75 Å². The standard InChI is InChI=1S/C18H16Cl5NO4S2/c1-9-2-4-29-11(9)6-24(10-3-5-30(26,27)8-10)12(25)7-28-18-16(22)14(20)13(19)15(21)17(18)23/h2,4,10H,3,5-8H2,1H3. The number of ether oxygens (including phenoxy) is 1. The number of carbonyl (C=O) groups is 1. The SMILES string of the molecule is Cc1ccsc1CN(C(=O)COc1c(Cl)c(Cl)c(Cl)c(Cl)c1Cl)C1CCS(=O)(=O)C1. The minimum atomic E-state index is -3.18. The third-order valence-corrected chi connectivity index (χ3v) is 9.76. The molecular formula is C18H16Cl5NO4S2. The van der Waals surface area contributed by atoms with Crippen molar-refractivity contribution in [2.45, 2.75) is 25.9 Å². The molecule has 2 heterocycles. The van der Waals surface area contributed by atoms with Gasteiger partial charge in [0.2, 0.25) is 0 Å². The number of amides is 1. The van der Waals surface area contributed by atoms with Crippen molar-refractivity contribution in [3.05, 3.63) is 47.0 Å². The van der Waals surface area contributed by atoms with Gasteiger partial charge < -0.3 is 9.64 Å². The Kier molecular flexibility index (Phi) is 7.76. The second-order valence-corrected chi connectivity index (χ2v) is 11.9. The first-order valence-electron chi connectivity index (χ1n) is 8.69. The maximum absolute atomic E-state index is 13.0. The fourth-order valence-corrected chi connectivity index (χ4v) is 6.96. The van der Waals surface area contributed by atoms with Gasteiger partial charge in [-0.15, -0.1) is 11.3 Å². The highest BCUT2D eigenvalue weighted by atomic mass is 35.5. The number of nitrogens with zero attached hydrogens (tertiary/aromatic N) is 1. The Balaban J connectivity index is 1.83. The minimum Gasteiger partial charge on any atom is -0.481 e. The molecule has 2 aromatic rings. The van der Waals surface area contributed by atoms with Crippen LogP contribution in [-0.2, 0) is 21.2 Å². The zero-order valence-electron chi connectivity index (χ0n) is 15.6. The highest BCUT2D eigenvalue weighted by Gasteiger charge is 2.35. The predicted molar refractivity (Wildman–Crippen MR) is 124 cm³/mol. The van der Waals surface area contributed by atoms with E-state index in [4.69, 9.17) is 62.7 Å². The zero-order valence-corrected chi connectivity index (χ0v) is 21.0. The quantitative estimate of drug-likeness (QED) is 0.330. The Hall–Kier alpha value is -0.410. The van der Waals surface area contributed by atoms with E-state index in [1.807, 2.05) is 18.4 Å². The summed E-state index contributed by atoms with van der Waals surface area (Å²) in [4.78, 5) is 15.5. The van der Waals surface area contributed by atoms with Crippen LogP contribution in [0.15, 0.2) is 11.4 Å². The molecule has 1 unspecified atom stereocenters. The molecule has 0 spiro atoms. The monoisotopic (exact) mass is 549 g/mol. The molecule has 1 atom stereocenters. The molecule has 0 bridgehead atoms. The molecule has 0 aliphatic carbocycles. The summed E-state index contributed by atoms with van der Waals surface area (Å²) in [6.45, 7) is 1.80. The van der Waals surface area contributed by atoms with Gasteiger partial charge >= 0.3 is 0 Å². The molecule has 1 saturated heterocycles. The maximum atomic E-state index is 13.0. The van der Waals surface area contributed by atoms with Crippen molar-refractivity contribution < 1.29 is 17.9 Å². The summed E-state index contributed by atoms with van der Waals surface area (Å²) < 4.78 is 29.5. The molecule has 3 rings (SSSR count). The lowest BCUT2D eigenvalue weighted by Gasteiger charge is -2.28. The summed E-state index contributed by atoms with van der Waals surface area (Å²) in [6, 6.07) is 1.51. The van der Waals surface area contributed by atoms with Crippen molar-refractivity contribution in [1.82, 2.24) is 4.90 Å². The average Bonchev–Trinajstić information content (AvgIpc) is 3.27. The third-order valence-electron chi connectivity index (χ3n) is 4.76. The Labute approximate surface area is 203 Å². The first-order chi connectivity index (χ1) is 14.0. The first-order valence-corrected chi connectivity index (χ1v) is 13.3. The first kappa shape index (κ1) is 24.2. The Bertz CT molecular complexity index is 1060.